The van der Waals surface area contributed by atoms with Crippen LogP contribution in [0.2, 0.25) is 0 Å². The molecule has 0 unspecified atom stereocenters. The fraction of sp³-hybridized carbons (Fsp3) is 0.300. The summed E-state index contributed by atoms with van der Waals surface area (Å²) in [7, 11) is 0. The van der Waals surface area contributed by atoms with Gasteiger partial charge in [0.1, 0.15) is 0 Å². The number of nitrogens with zero attached hydrogens (tertiary/aromatic N) is 2. The third-order valence-electron chi connectivity index (χ3n) is 4.47. The van der Waals surface area contributed by atoms with Crippen LogP contribution in [0.15, 0.2) is 54.6 Å². The molecule has 0 aliphatic carbocycles. The lowest BCUT2D eigenvalue weighted by Gasteiger charge is -2.23. The standard InChI is InChI=1S/C20H22N2O2/c1-16-8-5-6-11-18(16)20(24)22-13-7-12-21(14-15-22)19(23)17-9-3-2-4-10-17/h2-6,8-11H,7,12-15H2,1H3. The first-order valence-electron chi connectivity index (χ1n) is 8.36. The number of hydrogen-bond acceptors (Lipinski definition) is 2. The van der Waals surface area contributed by atoms with Crippen LogP contribution in [0.1, 0.15) is 32.7 Å². The molecule has 0 N–H and O–H groups in total. The largest absolute Gasteiger partial charge is 0.337 e. The van der Waals surface area contributed by atoms with Gasteiger partial charge in [-0.3, -0.25) is 9.59 Å². The summed E-state index contributed by atoms with van der Waals surface area (Å²) in [6, 6.07) is 17.0. The van der Waals surface area contributed by atoms with Crippen molar-refractivity contribution in [3.8, 4) is 0 Å². The molecule has 1 saturated heterocycles. The molecule has 4 nitrogen and oxygen atoms in total. The minimum Gasteiger partial charge on any atom is -0.337 e. The zero-order valence-electron chi connectivity index (χ0n) is 13.9. The molecular weight excluding hydrogens is 300 g/mol. The molecule has 2 aromatic rings. The normalized spacial score (nSPS) is 15.0. The van der Waals surface area contributed by atoms with Gasteiger partial charge in [0.2, 0.25) is 0 Å². The molecule has 1 aliphatic rings. The zero-order valence-corrected chi connectivity index (χ0v) is 13.9. The van der Waals surface area contributed by atoms with E-state index in [4.69, 9.17) is 0 Å². The average molecular weight is 322 g/mol. The second-order valence-corrected chi connectivity index (χ2v) is 6.12. The van der Waals surface area contributed by atoms with Gasteiger partial charge in [-0.05, 0) is 37.1 Å². The molecule has 2 amide bonds. The first kappa shape index (κ1) is 16.2. The van der Waals surface area contributed by atoms with Gasteiger partial charge in [-0.2, -0.15) is 0 Å². The Morgan fingerprint density at radius 2 is 1.33 bits per heavy atom. The quantitative estimate of drug-likeness (QED) is 0.853. The van der Waals surface area contributed by atoms with Crippen molar-refractivity contribution in [3.63, 3.8) is 0 Å². The van der Waals surface area contributed by atoms with Crippen molar-refractivity contribution in [2.24, 2.45) is 0 Å². The number of aryl methyl sites for hydroxylation is 1. The van der Waals surface area contributed by atoms with E-state index in [1.54, 1.807) is 0 Å². The van der Waals surface area contributed by atoms with Crippen molar-refractivity contribution < 1.29 is 9.59 Å². The summed E-state index contributed by atoms with van der Waals surface area (Å²) in [4.78, 5) is 29.0. The van der Waals surface area contributed by atoms with Gasteiger partial charge in [-0.1, -0.05) is 36.4 Å². The van der Waals surface area contributed by atoms with Gasteiger partial charge >= 0.3 is 0 Å². The molecule has 0 atom stereocenters. The summed E-state index contributed by atoms with van der Waals surface area (Å²) >= 11 is 0. The molecule has 1 heterocycles. The molecule has 2 aromatic carbocycles. The number of carbonyl (C=O) groups is 2. The van der Waals surface area contributed by atoms with Crippen LogP contribution in [0, 0.1) is 6.92 Å². The number of rotatable bonds is 2. The topological polar surface area (TPSA) is 40.6 Å². The van der Waals surface area contributed by atoms with Gasteiger partial charge in [0.25, 0.3) is 11.8 Å². The van der Waals surface area contributed by atoms with Gasteiger partial charge in [0.15, 0.2) is 0 Å². The molecule has 4 heteroatoms. The Labute approximate surface area is 142 Å². The highest BCUT2D eigenvalue weighted by molar-refractivity contribution is 5.96. The average Bonchev–Trinajstić information content (AvgIpc) is 2.88. The lowest BCUT2D eigenvalue weighted by atomic mass is 10.1. The smallest absolute Gasteiger partial charge is 0.254 e. The molecule has 24 heavy (non-hydrogen) atoms. The first-order valence-corrected chi connectivity index (χ1v) is 8.36. The number of benzene rings is 2. The fourth-order valence-corrected chi connectivity index (χ4v) is 3.07. The first-order chi connectivity index (χ1) is 11.7. The van der Waals surface area contributed by atoms with E-state index in [-0.39, 0.29) is 11.8 Å². The van der Waals surface area contributed by atoms with Crippen molar-refractivity contribution in [1.29, 1.82) is 0 Å². The van der Waals surface area contributed by atoms with Crippen LogP contribution in [-0.4, -0.2) is 47.8 Å². The summed E-state index contributed by atoms with van der Waals surface area (Å²) in [6.07, 6.45) is 0.802. The molecule has 0 spiro atoms. The zero-order chi connectivity index (χ0) is 16.9. The molecule has 1 fully saturated rings. The predicted octanol–water partition coefficient (Wildman–Crippen LogP) is 2.98. The monoisotopic (exact) mass is 322 g/mol. The van der Waals surface area contributed by atoms with Crippen molar-refractivity contribution in [1.82, 2.24) is 9.80 Å². The van der Waals surface area contributed by atoms with Gasteiger partial charge < -0.3 is 9.80 Å². The van der Waals surface area contributed by atoms with E-state index in [1.165, 1.54) is 0 Å². The Hall–Kier alpha value is -2.62. The van der Waals surface area contributed by atoms with Crippen LogP contribution < -0.4 is 0 Å². The van der Waals surface area contributed by atoms with E-state index in [0.29, 0.717) is 31.7 Å². The minimum atomic E-state index is 0.0424. The van der Waals surface area contributed by atoms with Gasteiger partial charge in [0.05, 0.1) is 0 Å². The second kappa shape index (κ2) is 7.30. The van der Waals surface area contributed by atoms with E-state index < -0.39 is 0 Å². The van der Waals surface area contributed by atoms with E-state index in [2.05, 4.69) is 0 Å². The fourth-order valence-electron chi connectivity index (χ4n) is 3.07. The molecule has 1 aliphatic heterocycles. The third-order valence-corrected chi connectivity index (χ3v) is 4.47. The van der Waals surface area contributed by atoms with Crippen LogP contribution in [-0.2, 0) is 0 Å². The van der Waals surface area contributed by atoms with Gasteiger partial charge in [-0.25, -0.2) is 0 Å². The number of hydrogen-bond donors (Lipinski definition) is 0. The van der Waals surface area contributed by atoms with E-state index >= 15 is 0 Å². The van der Waals surface area contributed by atoms with Crippen molar-refractivity contribution in [3.05, 3.63) is 71.3 Å². The van der Waals surface area contributed by atoms with Crippen LogP contribution in [0.25, 0.3) is 0 Å². The van der Waals surface area contributed by atoms with E-state index in [9.17, 15) is 9.59 Å². The lowest BCUT2D eigenvalue weighted by Crippen LogP contribution is -2.37. The van der Waals surface area contributed by atoms with E-state index in [1.807, 2.05) is 71.3 Å². The summed E-state index contributed by atoms with van der Waals surface area (Å²) in [5, 5.41) is 0. The maximum Gasteiger partial charge on any atom is 0.254 e. The lowest BCUT2D eigenvalue weighted by molar-refractivity contribution is 0.0718. The Morgan fingerprint density at radius 3 is 2.00 bits per heavy atom. The van der Waals surface area contributed by atoms with Crippen molar-refractivity contribution in [2.45, 2.75) is 13.3 Å². The molecule has 0 radical (unpaired) electrons. The summed E-state index contributed by atoms with van der Waals surface area (Å²) < 4.78 is 0. The second-order valence-electron chi connectivity index (χ2n) is 6.12. The Bertz CT molecular complexity index is 727. The van der Waals surface area contributed by atoms with Crippen molar-refractivity contribution in [2.75, 3.05) is 26.2 Å². The van der Waals surface area contributed by atoms with Crippen LogP contribution in [0.5, 0.6) is 0 Å². The molecule has 3 rings (SSSR count). The van der Waals surface area contributed by atoms with Gasteiger partial charge in [-0.15, -0.1) is 0 Å². The summed E-state index contributed by atoms with van der Waals surface area (Å²) in [5.74, 6) is 0.0999. The highest BCUT2D eigenvalue weighted by Crippen LogP contribution is 2.14. The van der Waals surface area contributed by atoms with Crippen LogP contribution in [0.3, 0.4) is 0 Å². The minimum absolute atomic E-state index is 0.0424. The molecule has 0 aromatic heterocycles. The Balaban J connectivity index is 1.68. The third kappa shape index (κ3) is 3.48. The highest BCUT2D eigenvalue weighted by Gasteiger charge is 2.23. The van der Waals surface area contributed by atoms with Crippen LogP contribution in [0.4, 0.5) is 0 Å². The predicted molar refractivity (Wildman–Crippen MR) is 94.0 cm³/mol. The Kier molecular flexibility index (Phi) is 4.94. The maximum absolute atomic E-state index is 12.7. The number of amides is 2. The van der Waals surface area contributed by atoms with Gasteiger partial charge in [0, 0.05) is 37.3 Å². The molecular formula is C20H22N2O2. The molecule has 0 saturated carbocycles. The molecule has 0 bridgehead atoms. The SMILES string of the molecule is Cc1ccccc1C(=O)N1CCCN(C(=O)c2ccccc2)CC1. The summed E-state index contributed by atoms with van der Waals surface area (Å²) in [5.41, 5.74) is 2.44. The van der Waals surface area contributed by atoms with E-state index in [0.717, 1.165) is 17.5 Å². The summed E-state index contributed by atoms with van der Waals surface area (Å²) in [6.45, 7) is 4.48. The maximum atomic E-state index is 12.7. The van der Waals surface area contributed by atoms with Crippen LogP contribution >= 0.6 is 0 Å². The Morgan fingerprint density at radius 1 is 0.750 bits per heavy atom. The molecule has 124 valence electrons. The highest BCUT2D eigenvalue weighted by atomic mass is 16.2. The number of carbonyl (C=O) groups excluding carboxylic acids is 2. The van der Waals surface area contributed by atoms with Crippen molar-refractivity contribution >= 4 is 11.8 Å².